The second-order valence-electron chi connectivity index (χ2n) is 10.9. The summed E-state index contributed by atoms with van der Waals surface area (Å²) in [7, 11) is 0. The fourth-order valence-corrected chi connectivity index (χ4v) is 7.13. The summed E-state index contributed by atoms with van der Waals surface area (Å²) < 4.78 is 4.69. The molecule has 0 saturated carbocycles. The molecule has 0 aliphatic heterocycles. The van der Waals surface area contributed by atoms with Crippen LogP contribution >= 0.6 is 0 Å². The van der Waals surface area contributed by atoms with Crippen LogP contribution in [0.1, 0.15) is 11.1 Å². The molecule has 1 aliphatic rings. The molecule has 0 bridgehead atoms. The van der Waals surface area contributed by atoms with E-state index < -0.39 is 0 Å². The Balaban J connectivity index is 1.47. The highest BCUT2D eigenvalue weighted by atomic mass is 15.0. The zero-order chi connectivity index (χ0) is 26.7. The molecule has 5 heteroatoms. The van der Waals surface area contributed by atoms with Crippen LogP contribution < -0.4 is 0 Å². The first-order chi connectivity index (χ1) is 20.3. The van der Waals surface area contributed by atoms with Gasteiger partial charge in [-0.2, -0.15) is 0 Å². The van der Waals surface area contributed by atoms with Gasteiger partial charge in [0.15, 0.2) is 0 Å². The van der Waals surface area contributed by atoms with Gasteiger partial charge in [0.2, 0.25) is 0 Å². The molecule has 41 heavy (non-hydrogen) atoms. The molecule has 10 rings (SSSR count). The lowest BCUT2D eigenvalue weighted by Gasteiger charge is -2.12. The summed E-state index contributed by atoms with van der Waals surface area (Å²) in [6.07, 6.45) is 6.52. The molecule has 0 fully saturated rings. The topological polar surface area (TPSA) is 48.0 Å². The van der Waals surface area contributed by atoms with E-state index in [0.717, 1.165) is 50.6 Å². The van der Waals surface area contributed by atoms with Crippen LogP contribution in [0.4, 0.5) is 0 Å². The second kappa shape index (κ2) is 7.55. The largest absolute Gasteiger partial charge is 0.309 e. The molecule has 9 aromatic rings. The van der Waals surface area contributed by atoms with Gasteiger partial charge >= 0.3 is 0 Å². The van der Waals surface area contributed by atoms with Gasteiger partial charge in [-0.05, 0) is 65.6 Å². The van der Waals surface area contributed by atoms with Crippen molar-refractivity contribution in [2.45, 2.75) is 6.42 Å². The van der Waals surface area contributed by atoms with Gasteiger partial charge in [0.25, 0.3) is 0 Å². The highest BCUT2D eigenvalue weighted by Gasteiger charge is 2.26. The van der Waals surface area contributed by atoms with Crippen molar-refractivity contribution in [2.24, 2.45) is 0 Å². The monoisotopic (exact) mass is 523 g/mol. The average Bonchev–Trinajstić information content (AvgIpc) is 3.70. The van der Waals surface area contributed by atoms with Crippen molar-refractivity contribution < 1.29 is 0 Å². The van der Waals surface area contributed by atoms with E-state index in [0.29, 0.717) is 0 Å². The van der Waals surface area contributed by atoms with E-state index in [9.17, 15) is 0 Å². The fraction of sp³-hybridized carbons (Fsp3) is 0.0278. The van der Waals surface area contributed by atoms with Crippen molar-refractivity contribution in [3.8, 4) is 16.8 Å². The van der Waals surface area contributed by atoms with E-state index in [1.807, 2.05) is 30.7 Å². The molecule has 5 nitrogen and oxygen atoms in total. The number of fused-ring (bicyclic) bond motifs is 15. The van der Waals surface area contributed by atoms with Gasteiger partial charge in [0.05, 0.1) is 33.8 Å². The standard InChI is InChI=1S/C36H21N5/c1-2-8-23(9-3-1)40-32-19-27-28(36-39-29-20-37-16-14-30(29)41(36)31-11-6-15-38-34(27)31)18-26(32)25-13-12-22-17-21-7-4-5-10-24(21)33(22)35(25)40/h1-16,18-20H,17H2. The molecular formula is C36H21N5. The number of rotatable bonds is 1. The minimum Gasteiger partial charge on any atom is -0.309 e. The third-order valence-corrected chi connectivity index (χ3v) is 8.82. The summed E-state index contributed by atoms with van der Waals surface area (Å²) in [4.78, 5) is 14.4. The normalized spacial score (nSPS) is 12.8. The molecule has 5 aromatic heterocycles. The second-order valence-corrected chi connectivity index (χ2v) is 10.9. The zero-order valence-electron chi connectivity index (χ0n) is 21.9. The van der Waals surface area contributed by atoms with Crippen molar-refractivity contribution >= 4 is 60.3 Å². The van der Waals surface area contributed by atoms with Crippen molar-refractivity contribution in [3.63, 3.8) is 0 Å². The van der Waals surface area contributed by atoms with Gasteiger partial charge in [-0.3, -0.25) is 14.4 Å². The summed E-state index contributed by atoms with van der Waals surface area (Å²) in [6.45, 7) is 0. The van der Waals surface area contributed by atoms with E-state index in [1.165, 1.54) is 44.1 Å². The Hall–Kier alpha value is -5.55. The van der Waals surface area contributed by atoms with E-state index in [4.69, 9.17) is 9.97 Å². The van der Waals surface area contributed by atoms with Crippen molar-refractivity contribution in [3.05, 3.63) is 127 Å². The number of pyridine rings is 3. The Morgan fingerprint density at radius 1 is 0.634 bits per heavy atom. The van der Waals surface area contributed by atoms with Gasteiger partial charge < -0.3 is 4.57 Å². The van der Waals surface area contributed by atoms with Crippen LogP contribution in [0, 0.1) is 0 Å². The predicted molar refractivity (Wildman–Crippen MR) is 166 cm³/mol. The molecule has 190 valence electrons. The molecule has 1 aliphatic carbocycles. The summed E-state index contributed by atoms with van der Waals surface area (Å²) in [6, 6.07) is 35.1. The molecule has 0 saturated heterocycles. The predicted octanol–water partition coefficient (Wildman–Crippen LogP) is 8.25. The fourth-order valence-electron chi connectivity index (χ4n) is 7.13. The van der Waals surface area contributed by atoms with Crippen molar-refractivity contribution in [2.75, 3.05) is 0 Å². The molecule has 0 radical (unpaired) electrons. The maximum Gasteiger partial charge on any atom is 0.146 e. The number of benzene rings is 4. The lowest BCUT2D eigenvalue weighted by Crippen LogP contribution is -1.96. The van der Waals surface area contributed by atoms with Crippen LogP contribution in [0.2, 0.25) is 0 Å². The summed E-state index contributed by atoms with van der Waals surface area (Å²) in [5.74, 6) is 0. The molecule has 0 atom stereocenters. The van der Waals surface area contributed by atoms with E-state index in [-0.39, 0.29) is 0 Å². The highest BCUT2D eigenvalue weighted by molar-refractivity contribution is 6.22. The molecule has 0 spiro atoms. The first kappa shape index (κ1) is 21.3. The van der Waals surface area contributed by atoms with Crippen LogP contribution in [0.15, 0.2) is 116 Å². The number of hydrogen-bond donors (Lipinski definition) is 0. The number of hydrogen-bond acceptors (Lipinski definition) is 3. The quantitative estimate of drug-likeness (QED) is 0.204. The molecule has 0 unspecified atom stereocenters. The Kier molecular flexibility index (Phi) is 3.92. The smallest absolute Gasteiger partial charge is 0.146 e. The molecular weight excluding hydrogens is 502 g/mol. The Bertz CT molecular complexity index is 2550. The van der Waals surface area contributed by atoms with Gasteiger partial charge in [-0.15, -0.1) is 0 Å². The number of imidazole rings is 1. The molecule has 5 heterocycles. The summed E-state index contributed by atoms with van der Waals surface area (Å²) in [5.41, 5.74) is 13.9. The van der Waals surface area contributed by atoms with Gasteiger partial charge in [-0.25, -0.2) is 4.98 Å². The van der Waals surface area contributed by atoms with Gasteiger partial charge in [-0.1, -0.05) is 54.6 Å². The molecule has 4 aromatic carbocycles. The maximum atomic E-state index is 5.10. The number of aromatic nitrogens is 5. The van der Waals surface area contributed by atoms with Crippen LogP contribution in [-0.4, -0.2) is 23.9 Å². The van der Waals surface area contributed by atoms with Crippen molar-refractivity contribution in [1.29, 1.82) is 0 Å². The van der Waals surface area contributed by atoms with E-state index >= 15 is 0 Å². The van der Waals surface area contributed by atoms with Gasteiger partial charge in [0.1, 0.15) is 11.2 Å². The number of para-hydroxylation sites is 1. The maximum absolute atomic E-state index is 5.10. The van der Waals surface area contributed by atoms with Gasteiger partial charge in [0, 0.05) is 45.2 Å². The Labute approximate surface area is 234 Å². The lowest BCUT2D eigenvalue weighted by molar-refractivity contribution is 1.18. The third kappa shape index (κ3) is 2.68. The highest BCUT2D eigenvalue weighted by Crippen LogP contribution is 2.46. The minimum atomic E-state index is 0.881. The van der Waals surface area contributed by atoms with Crippen molar-refractivity contribution in [1.82, 2.24) is 23.9 Å². The average molecular weight is 524 g/mol. The Morgan fingerprint density at radius 3 is 2.49 bits per heavy atom. The van der Waals surface area contributed by atoms with Crippen LogP contribution in [0.25, 0.3) is 77.1 Å². The lowest BCUT2D eigenvalue weighted by atomic mass is 10.0. The van der Waals surface area contributed by atoms with E-state index in [1.54, 1.807) is 0 Å². The van der Waals surface area contributed by atoms with E-state index in [2.05, 4.69) is 98.9 Å². The zero-order valence-corrected chi connectivity index (χ0v) is 21.9. The molecule has 0 amide bonds. The van der Waals surface area contributed by atoms with Crippen LogP contribution in [-0.2, 0) is 6.42 Å². The Morgan fingerprint density at radius 2 is 1.54 bits per heavy atom. The third-order valence-electron chi connectivity index (χ3n) is 8.82. The van der Waals surface area contributed by atoms with Crippen LogP contribution in [0.5, 0.6) is 0 Å². The number of nitrogens with zero attached hydrogens (tertiary/aromatic N) is 5. The summed E-state index contributed by atoms with van der Waals surface area (Å²) in [5, 5.41) is 4.65. The molecule has 0 N–H and O–H groups in total. The first-order valence-electron chi connectivity index (χ1n) is 13.9. The SMILES string of the molecule is c1ccc(-n2c3cc4c(cc3c3ccc5c(c32)-c2ccccc2C5)c2nc3cnccc3n2c2cccnc42)cc1. The summed E-state index contributed by atoms with van der Waals surface area (Å²) >= 11 is 0. The minimum absolute atomic E-state index is 0.881. The first-order valence-corrected chi connectivity index (χ1v) is 13.9. The van der Waals surface area contributed by atoms with Crippen LogP contribution in [0.3, 0.4) is 0 Å².